The minimum Gasteiger partial charge on any atom is -0.464 e. The lowest BCUT2D eigenvalue weighted by Gasteiger charge is -2.12. The van der Waals surface area contributed by atoms with E-state index >= 15 is 0 Å². The highest BCUT2D eigenvalue weighted by Gasteiger charge is 2.09. The van der Waals surface area contributed by atoms with Crippen LogP contribution in [-0.4, -0.2) is 44.8 Å². The smallest absolute Gasteiger partial charge is 0.188 e. The maximum atomic E-state index is 12.2. The fraction of sp³-hybridized carbons (Fsp3) is 0.625. The van der Waals surface area contributed by atoms with Gasteiger partial charge in [-0.25, -0.2) is 0 Å². The highest BCUT2D eigenvalue weighted by molar-refractivity contribution is 5.93. The molecule has 0 spiro atoms. The minimum absolute atomic E-state index is 0.0836. The standard InChI is InChI=1S/C24H38O6/c1-4-5-6-7-8-9-10-11-21(25)17-22(26)14-12-20-13-15-23(29-18-27-2)24(16-20)30-19-28-3/h12-16,21,25H,4-11,17-19H2,1-3H3. The molecule has 6 nitrogen and oxygen atoms in total. The lowest BCUT2D eigenvalue weighted by Crippen LogP contribution is -2.11. The van der Waals surface area contributed by atoms with Gasteiger partial charge in [0, 0.05) is 20.6 Å². The number of unbranched alkanes of at least 4 members (excludes halogenated alkanes) is 6. The molecular formula is C24H38O6. The normalized spacial score (nSPS) is 12.3. The summed E-state index contributed by atoms with van der Waals surface area (Å²) in [5.41, 5.74) is 0.792. The second-order valence-corrected chi connectivity index (χ2v) is 7.38. The first-order valence-electron chi connectivity index (χ1n) is 10.9. The van der Waals surface area contributed by atoms with Gasteiger partial charge in [0.05, 0.1) is 6.10 Å². The van der Waals surface area contributed by atoms with Gasteiger partial charge in [-0.15, -0.1) is 0 Å². The summed E-state index contributed by atoms with van der Waals surface area (Å²) >= 11 is 0. The molecule has 0 aliphatic heterocycles. The van der Waals surface area contributed by atoms with Crippen LogP contribution in [0.5, 0.6) is 11.5 Å². The number of benzene rings is 1. The number of aliphatic hydroxyl groups is 1. The first-order chi connectivity index (χ1) is 14.6. The maximum Gasteiger partial charge on any atom is 0.188 e. The number of hydrogen-bond donors (Lipinski definition) is 1. The summed E-state index contributed by atoms with van der Waals surface area (Å²) in [5.74, 6) is 0.939. The predicted molar refractivity (Wildman–Crippen MR) is 119 cm³/mol. The van der Waals surface area contributed by atoms with Crippen molar-refractivity contribution in [1.29, 1.82) is 0 Å². The third-order valence-electron chi connectivity index (χ3n) is 4.67. The second-order valence-electron chi connectivity index (χ2n) is 7.38. The third-order valence-corrected chi connectivity index (χ3v) is 4.67. The monoisotopic (exact) mass is 422 g/mol. The van der Waals surface area contributed by atoms with Crippen LogP contribution in [0, 0.1) is 0 Å². The average Bonchev–Trinajstić information content (AvgIpc) is 2.74. The predicted octanol–water partition coefficient (Wildman–Crippen LogP) is 5.13. The van der Waals surface area contributed by atoms with Crippen molar-refractivity contribution in [1.82, 2.24) is 0 Å². The molecule has 1 aromatic carbocycles. The van der Waals surface area contributed by atoms with E-state index in [-0.39, 0.29) is 25.8 Å². The first kappa shape index (κ1) is 26.1. The molecule has 0 aliphatic rings. The highest BCUT2D eigenvalue weighted by atomic mass is 16.7. The largest absolute Gasteiger partial charge is 0.464 e. The van der Waals surface area contributed by atoms with E-state index in [9.17, 15) is 9.90 Å². The highest BCUT2D eigenvalue weighted by Crippen LogP contribution is 2.29. The molecule has 0 heterocycles. The Kier molecular flexibility index (Phi) is 14.7. The second kappa shape index (κ2) is 16.9. The maximum absolute atomic E-state index is 12.2. The summed E-state index contributed by atoms with van der Waals surface area (Å²) in [5, 5.41) is 10.1. The molecule has 0 aliphatic carbocycles. The van der Waals surface area contributed by atoms with Crippen LogP contribution in [0.15, 0.2) is 24.3 Å². The Morgan fingerprint density at radius 1 is 0.967 bits per heavy atom. The summed E-state index contributed by atoms with van der Waals surface area (Å²) < 4.78 is 20.8. The molecule has 0 saturated carbocycles. The van der Waals surface area contributed by atoms with E-state index in [1.165, 1.54) is 45.3 Å². The van der Waals surface area contributed by atoms with Crippen molar-refractivity contribution in [3.05, 3.63) is 29.8 Å². The van der Waals surface area contributed by atoms with Gasteiger partial charge in [-0.1, -0.05) is 64.0 Å². The van der Waals surface area contributed by atoms with Gasteiger partial charge >= 0.3 is 0 Å². The zero-order chi connectivity index (χ0) is 22.0. The number of allylic oxidation sites excluding steroid dienone is 1. The van der Waals surface area contributed by atoms with E-state index in [4.69, 9.17) is 18.9 Å². The number of ketones is 1. The molecule has 0 amide bonds. The summed E-state index contributed by atoms with van der Waals surface area (Å²) in [6, 6.07) is 5.34. The fourth-order valence-electron chi connectivity index (χ4n) is 3.03. The van der Waals surface area contributed by atoms with Crippen LogP contribution in [-0.2, 0) is 14.3 Å². The van der Waals surface area contributed by atoms with Crippen LogP contribution in [0.2, 0.25) is 0 Å². The van der Waals surface area contributed by atoms with Crippen LogP contribution in [0.4, 0.5) is 0 Å². The SMILES string of the molecule is CCCCCCCCCC(O)CC(=O)C=Cc1ccc(OCOC)c(OCOC)c1. The number of rotatable bonds is 18. The van der Waals surface area contributed by atoms with Crippen molar-refractivity contribution in [3.8, 4) is 11.5 Å². The van der Waals surface area contributed by atoms with Gasteiger partial charge in [0.2, 0.25) is 0 Å². The average molecular weight is 423 g/mol. The van der Waals surface area contributed by atoms with Crippen LogP contribution >= 0.6 is 0 Å². The van der Waals surface area contributed by atoms with Gasteiger partial charge in [-0.2, -0.15) is 0 Å². The molecule has 1 rings (SSSR count). The van der Waals surface area contributed by atoms with Gasteiger partial charge < -0.3 is 24.1 Å². The Morgan fingerprint density at radius 3 is 2.27 bits per heavy atom. The Bertz CT molecular complexity index is 614. The number of aliphatic hydroxyl groups excluding tert-OH is 1. The third kappa shape index (κ3) is 12.0. The quantitative estimate of drug-likeness (QED) is 0.201. The van der Waals surface area contributed by atoms with Crippen molar-refractivity contribution in [2.75, 3.05) is 27.8 Å². The molecule has 6 heteroatoms. The van der Waals surface area contributed by atoms with Gasteiger partial charge in [-0.05, 0) is 30.2 Å². The summed E-state index contributed by atoms with van der Waals surface area (Å²) in [6.45, 7) is 2.40. The van der Waals surface area contributed by atoms with Crippen molar-refractivity contribution >= 4 is 11.9 Å². The molecule has 0 aromatic heterocycles. The van der Waals surface area contributed by atoms with Gasteiger partial charge in [0.15, 0.2) is 30.9 Å². The molecule has 0 saturated heterocycles. The molecule has 1 aromatic rings. The van der Waals surface area contributed by atoms with E-state index in [2.05, 4.69) is 6.92 Å². The first-order valence-corrected chi connectivity index (χ1v) is 10.9. The summed E-state index contributed by atoms with van der Waals surface area (Å²) in [6.07, 6.45) is 11.8. The molecule has 1 atom stereocenters. The zero-order valence-electron chi connectivity index (χ0n) is 18.7. The fourth-order valence-corrected chi connectivity index (χ4v) is 3.03. The van der Waals surface area contributed by atoms with Crippen molar-refractivity contribution < 1.29 is 28.8 Å². The number of ether oxygens (including phenoxy) is 4. The van der Waals surface area contributed by atoms with Crippen LogP contribution in [0.3, 0.4) is 0 Å². The number of carbonyl (C=O) groups excluding carboxylic acids is 1. The lowest BCUT2D eigenvalue weighted by atomic mass is 10.0. The van der Waals surface area contributed by atoms with Crippen molar-refractivity contribution in [2.45, 2.75) is 70.8 Å². The minimum atomic E-state index is -0.580. The van der Waals surface area contributed by atoms with Gasteiger partial charge in [0.1, 0.15) is 0 Å². The molecule has 0 radical (unpaired) electrons. The molecule has 0 bridgehead atoms. The number of carbonyl (C=O) groups is 1. The van der Waals surface area contributed by atoms with E-state index in [1.54, 1.807) is 25.3 Å². The van der Waals surface area contributed by atoms with E-state index < -0.39 is 6.10 Å². The van der Waals surface area contributed by atoms with Gasteiger partial charge in [-0.3, -0.25) is 4.79 Å². The molecule has 1 N–H and O–H groups in total. The Morgan fingerprint density at radius 2 is 1.60 bits per heavy atom. The van der Waals surface area contributed by atoms with E-state index in [1.807, 2.05) is 6.07 Å². The summed E-state index contributed by atoms with van der Waals surface area (Å²) in [4.78, 5) is 12.2. The molecule has 1 unspecified atom stereocenters. The van der Waals surface area contributed by atoms with Crippen molar-refractivity contribution in [2.24, 2.45) is 0 Å². The van der Waals surface area contributed by atoms with Crippen LogP contribution < -0.4 is 9.47 Å². The lowest BCUT2D eigenvalue weighted by molar-refractivity contribution is -0.116. The number of hydrogen-bond acceptors (Lipinski definition) is 6. The Hall–Kier alpha value is -1.89. The van der Waals surface area contributed by atoms with E-state index in [0.717, 1.165) is 18.4 Å². The Labute approximate surface area is 181 Å². The Balaban J connectivity index is 2.45. The summed E-state index contributed by atoms with van der Waals surface area (Å²) in [7, 11) is 3.08. The topological polar surface area (TPSA) is 74.2 Å². The molecule has 0 fully saturated rings. The van der Waals surface area contributed by atoms with Crippen molar-refractivity contribution in [3.63, 3.8) is 0 Å². The molecule has 170 valence electrons. The van der Waals surface area contributed by atoms with Gasteiger partial charge in [0.25, 0.3) is 0 Å². The van der Waals surface area contributed by atoms with E-state index in [0.29, 0.717) is 17.9 Å². The zero-order valence-corrected chi connectivity index (χ0v) is 18.7. The molecular weight excluding hydrogens is 384 g/mol. The number of methoxy groups -OCH3 is 2. The van der Waals surface area contributed by atoms with Crippen LogP contribution in [0.1, 0.15) is 70.3 Å². The van der Waals surface area contributed by atoms with Crippen LogP contribution in [0.25, 0.3) is 6.08 Å². The molecule has 30 heavy (non-hydrogen) atoms.